The molecular formula is C9H15FO. The number of allylic oxidation sites excluding steroid dienone is 3. The number of ether oxygens (including phenoxy) is 1. The Kier molecular flexibility index (Phi) is 4.59. The van der Waals surface area contributed by atoms with E-state index < -0.39 is 0 Å². The molecule has 0 aromatic heterocycles. The molecule has 0 unspecified atom stereocenters. The van der Waals surface area contributed by atoms with Gasteiger partial charge in [0.1, 0.15) is 5.83 Å². The topological polar surface area (TPSA) is 9.23 Å². The van der Waals surface area contributed by atoms with Crippen molar-refractivity contribution in [3.05, 3.63) is 23.2 Å². The third kappa shape index (κ3) is 2.74. The van der Waals surface area contributed by atoms with Crippen LogP contribution in [0.25, 0.3) is 0 Å². The molecule has 0 fully saturated rings. The molecule has 0 heterocycles. The van der Waals surface area contributed by atoms with Crippen LogP contribution in [0.4, 0.5) is 4.39 Å². The van der Waals surface area contributed by atoms with E-state index in [2.05, 4.69) is 0 Å². The average Bonchev–Trinajstić information content (AvgIpc) is 2.05. The Labute approximate surface area is 67.6 Å². The van der Waals surface area contributed by atoms with Crippen LogP contribution in [0.1, 0.15) is 27.2 Å². The van der Waals surface area contributed by atoms with Gasteiger partial charge in [0.15, 0.2) is 5.76 Å². The fourth-order valence-corrected chi connectivity index (χ4v) is 0.777. The zero-order chi connectivity index (χ0) is 8.85. The Morgan fingerprint density at radius 1 is 1.55 bits per heavy atom. The highest BCUT2D eigenvalue weighted by atomic mass is 19.1. The van der Waals surface area contributed by atoms with E-state index in [1.54, 1.807) is 6.92 Å². The molecule has 0 amide bonds. The lowest BCUT2D eigenvalue weighted by Gasteiger charge is -2.06. The normalized spacial score (nSPS) is 14.5. The molecule has 0 aliphatic rings. The van der Waals surface area contributed by atoms with Crippen molar-refractivity contribution in [2.75, 3.05) is 7.11 Å². The van der Waals surface area contributed by atoms with Gasteiger partial charge in [0.05, 0.1) is 7.11 Å². The third-order valence-electron chi connectivity index (χ3n) is 1.55. The summed E-state index contributed by atoms with van der Waals surface area (Å²) < 4.78 is 17.8. The molecular weight excluding hydrogens is 143 g/mol. The van der Waals surface area contributed by atoms with E-state index in [1.165, 1.54) is 7.11 Å². The summed E-state index contributed by atoms with van der Waals surface area (Å²) in [5.41, 5.74) is 0.840. The summed E-state index contributed by atoms with van der Waals surface area (Å²) in [5.74, 6) is 0.179. The molecule has 0 aromatic rings. The summed E-state index contributed by atoms with van der Waals surface area (Å²) in [5, 5.41) is 0. The van der Waals surface area contributed by atoms with Crippen molar-refractivity contribution in [2.24, 2.45) is 0 Å². The number of rotatable bonds is 3. The van der Waals surface area contributed by atoms with Crippen molar-refractivity contribution >= 4 is 0 Å². The first-order valence-electron chi connectivity index (χ1n) is 3.73. The Morgan fingerprint density at radius 3 is 2.36 bits per heavy atom. The largest absolute Gasteiger partial charge is 0.494 e. The van der Waals surface area contributed by atoms with Crippen LogP contribution in [0.5, 0.6) is 0 Å². The second-order valence-corrected chi connectivity index (χ2v) is 2.26. The minimum Gasteiger partial charge on any atom is -0.494 e. The van der Waals surface area contributed by atoms with Crippen molar-refractivity contribution in [1.29, 1.82) is 0 Å². The molecule has 0 bridgehead atoms. The van der Waals surface area contributed by atoms with Gasteiger partial charge in [0.25, 0.3) is 0 Å². The van der Waals surface area contributed by atoms with Crippen LogP contribution < -0.4 is 0 Å². The first-order valence-corrected chi connectivity index (χ1v) is 3.73. The fourth-order valence-electron chi connectivity index (χ4n) is 0.777. The molecule has 64 valence electrons. The van der Waals surface area contributed by atoms with Gasteiger partial charge in [-0.3, -0.25) is 0 Å². The van der Waals surface area contributed by atoms with Crippen molar-refractivity contribution in [1.82, 2.24) is 0 Å². The molecule has 0 radical (unpaired) electrons. The molecule has 0 spiro atoms. The maximum atomic E-state index is 12.9. The minimum absolute atomic E-state index is 0.192. The first kappa shape index (κ1) is 10.2. The van der Waals surface area contributed by atoms with Crippen molar-refractivity contribution in [2.45, 2.75) is 27.2 Å². The highest BCUT2D eigenvalue weighted by molar-refractivity contribution is 5.25. The van der Waals surface area contributed by atoms with Gasteiger partial charge >= 0.3 is 0 Å². The predicted octanol–water partition coefficient (Wildman–Crippen LogP) is 3.19. The molecule has 0 saturated heterocycles. The van der Waals surface area contributed by atoms with Gasteiger partial charge in [-0.2, -0.15) is 0 Å². The summed E-state index contributed by atoms with van der Waals surface area (Å²) in [7, 11) is 1.48. The monoisotopic (exact) mass is 158 g/mol. The highest BCUT2D eigenvalue weighted by Crippen LogP contribution is 2.18. The van der Waals surface area contributed by atoms with Gasteiger partial charge in [-0.1, -0.05) is 13.0 Å². The fraction of sp³-hybridized carbons (Fsp3) is 0.556. The first-order chi connectivity index (χ1) is 5.17. The molecule has 0 aliphatic carbocycles. The van der Waals surface area contributed by atoms with Gasteiger partial charge in [-0.15, -0.1) is 0 Å². The Hall–Kier alpha value is -0.790. The van der Waals surface area contributed by atoms with E-state index >= 15 is 0 Å². The second-order valence-electron chi connectivity index (χ2n) is 2.26. The molecule has 0 N–H and O–H groups in total. The van der Waals surface area contributed by atoms with Crippen LogP contribution >= 0.6 is 0 Å². The minimum atomic E-state index is -0.192. The summed E-state index contributed by atoms with van der Waals surface area (Å²) in [6.07, 6.45) is 2.21. The van der Waals surface area contributed by atoms with Gasteiger partial charge in [-0.25, -0.2) is 4.39 Å². The lowest BCUT2D eigenvalue weighted by Crippen LogP contribution is -1.92. The van der Waals surface area contributed by atoms with Crippen LogP contribution in [0.2, 0.25) is 0 Å². The number of methoxy groups -OCH3 is 1. The Morgan fingerprint density at radius 2 is 2.09 bits per heavy atom. The lowest BCUT2D eigenvalue weighted by molar-refractivity contribution is 0.282. The summed E-state index contributed by atoms with van der Waals surface area (Å²) in [6.45, 7) is 5.45. The van der Waals surface area contributed by atoms with E-state index in [9.17, 15) is 4.39 Å². The molecule has 0 atom stereocenters. The van der Waals surface area contributed by atoms with E-state index in [0.29, 0.717) is 12.2 Å². The van der Waals surface area contributed by atoms with E-state index in [0.717, 1.165) is 5.57 Å². The van der Waals surface area contributed by atoms with Crippen molar-refractivity contribution in [3.8, 4) is 0 Å². The number of hydrogen-bond acceptors (Lipinski definition) is 1. The Bertz CT molecular complexity index is 180. The maximum absolute atomic E-state index is 12.9. The molecule has 2 heteroatoms. The van der Waals surface area contributed by atoms with Crippen LogP contribution in [0.3, 0.4) is 0 Å². The quantitative estimate of drug-likeness (QED) is 0.452. The SMILES string of the molecule is C/C=C(C)\C(OC)=C(\F)CC. The lowest BCUT2D eigenvalue weighted by atomic mass is 10.2. The summed E-state index contributed by atoms with van der Waals surface area (Å²) >= 11 is 0. The number of halogens is 1. The summed E-state index contributed by atoms with van der Waals surface area (Å²) in [4.78, 5) is 0. The molecule has 1 nitrogen and oxygen atoms in total. The molecule has 0 aromatic carbocycles. The van der Waals surface area contributed by atoms with Crippen molar-refractivity contribution < 1.29 is 9.13 Å². The van der Waals surface area contributed by atoms with E-state index in [-0.39, 0.29) is 5.83 Å². The maximum Gasteiger partial charge on any atom is 0.152 e. The number of hydrogen-bond donors (Lipinski definition) is 0. The third-order valence-corrected chi connectivity index (χ3v) is 1.55. The van der Waals surface area contributed by atoms with Crippen LogP contribution in [-0.4, -0.2) is 7.11 Å². The van der Waals surface area contributed by atoms with E-state index in [4.69, 9.17) is 4.74 Å². The second kappa shape index (κ2) is 4.94. The zero-order valence-electron chi connectivity index (χ0n) is 7.57. The van der Waals surface area contributed by atoms with Gasteiger partial charge < -0.3 is 4.74 Å². The van der Waals surface area contributed by atoms with Crippen LogP contribution in [0.15, 0.2) is 23.2 Å². The van der Waals surface area contributed by atoms with Gasteiger partial charge in [0, 0.05) is 6.42 Å². The van der Waals surface area contributed by atoms with Crippen LogP contribution in [0, 0.1) is 0 Å². The van der Waals surface area contributed by atoms with Crippen molar-refractivity contribution in [3.63, 3.8) is 0 Å². The van der Waals surface area contributed by atoms with Gasteiger partial charge in [0.2, 0.25) is 0 Å². The van der Waals surface area contributed by atoms with E-state index in [1.807, 2.05) is 19.9 Å². The smallest absolute Gasteiger partial charge is 0.152 e. The molecule has 11 heavy (non-hydrogen) atoms. The standard InChI is InChI=1S/C9H15FO/c1-5-7(3)9(11-4)8(10)6-2/h5H,6H2,1-4H3/b7-5-,9-8-. The van der Waals surface area contributed by atoms with Gasteiger partial charge in [-0.05, 0) is 19.4 Å². The predicted molar refractivity (Wildman–Crippen MR) is 44.9 cm³/mol. The molecule has 0 saturated carbocycles. The molecule has 0 rings (SSSR count). The van der Waals surface area contributed by atoms with Crippen LogP contribution in [-0.2, 0) is 4.74 Å². The summed E-state index contributed by atoms with van der Waals surface area (Å²) in [6, 6.07) is 0. The Balaban J connectivity index is 4.65. The zero-order valence-corrected chi connectivity index (χ0v) is 7.57. The highest BCUT2D eigenvalue weighted by Gasteiger charge is 2.05. The molecule has 0 aliphatic heterocycles. The average molecular weight is 158 g/mol.